The first-order valence-corrected chi connectivity index (χ1v) is 15.5. The van der Waals surface area contributed by atoms with Gasteiger partial charge < -0.3 is 20.1 Å². The zero-order valence-electron chi connectivity index (χ0n) is 23.2. The molecule has 2 atom stereocenters. The lowest BCUT2D eigenvalue weighted by Crippen LogP contribution is -2.28. The van der Waals surface area contributed by atoms with Crippen LogP contribution in [0.1, 0.15) is 97.3 Å². The Balaban J connectivity index is 4.12. The first kappa shape index (κ1) is 35.7. The minimum atomic E-state index is -4.25. The summed E-state index contributed by atoms with van der Waals surface area (Å²) in [5.74, 6) is -0.360. The second-order valence-corrected chi connectivity index (χ2v) is 10.3. The number of esters is 1. The molecule has 0 aliphatic heterocycles. The summed E-state index contributed by atoms with van der Waals surface area (Å²) in [5.41, 5.74) is 5.29. The van der Waals surface area contributed by atoms with Crippen LogP contribution in [0.25, 0.3) is 0 Å². The maximum Gasteiger partial charge on any atom is 0.472 e. The number of unbranched alkanes of at least 4 members (excludes halogenated alkanes) is 7. The standard InChI is InChI=1S/C28H52NO7P/c1-3-5-7-9-10-11-12-13-14-15-16-17-18-20-23-33-25-27(26-35-37(31,32)34-24-22-29)36-28(30)21-19-8-6-4-2/h5,7,10-11,13-14,27H,3-4,6,8-9,12,15-26,29H2,1-2H3,(H,31,32)/b7-5-,11-10-,14-13-. The fraction of sp³-hybridized carbons (Fsp3) is 0.750. The van der Waals surface area contributed by atoms with Crippen LogP contribution in [-0.4, -0.2) is 49.9 Å². The number of carbonyl (C=O) groups excluding carboxylic acids is 1. The van der Waals surface area contributed by atoms with Crippen LogP contribution < -0.4 is 5.73 Å². The quantitative estimate of drug-likeness (QED) is 0.0528. The van der Waals surface area contributed by atoms with Crippen LogP contribution in [0.4, 0.5) is 0 Å². The molecule has 0 aliphatic carbocycles. The molecule has 2 unspecified atom stereocenters. The van der Waals surface area contributed by atoms with Gasteiger partial charge >= 0.3 is 13.8 Å². The Labute approximate surface area is 225 Å². The Morgan fingerprint density at radius 3 is 2.22 bits per heavy atom. The van der Waals surface area contributed by atoms with E-state index in [2.05, 4.69) is 50.3 Å². The molecule has 0 bridgehead atoms. The van der Waals surface area contributed by atoms with E-state index in [1.54, 1.807) is 0 Å². The van der Waals surface area contributed by atoms with Crippen molar-refractivity contribution in [2.24, 2.45) is 5.73 Å². The van der Waals surface area contributed by atoms with Crippen molar-refractivity contribution >= 4 is 13.8 Å². The number of hydrogen-bond acceptors (Lipinski definition) is 7. The van der Waals surface area contributed by atoms with Crippen LogP contribution in [0.5, 0.6) is 0 Å². The number of allylic oxidation sites excluding steroid dienone is 6. The van der Waals surface area contributed by atoms with Gasteiger partial charge in [0.2, 0.25) is 0 Å². The molecule has 3 N–H and O–H groups in total. The molecule has 0 aromatic heterocycles. The molecule has 8 nitrogen and oxygen atoms in total. The maximum atomic E-state index is 12.2. The van der Waals surface area contributed by atoms with E-state index in [1.165, 1.54) is 0 Å². The fourth-order valence-corrected chi connectivity index (χ4v) is 4.07. The lowest BCUT2D eigenvalue weighted by molar-refractivity contribution is -0.154. The number of phosphoric ester groups is 1. The molecule has 0 aliphatic rings. The van der Waals surface area contributed by atoms with E-state index < -0.39 is 13.9 Å². The molecular weight excluding hydrogens is 493 g/mol. The van der Waals surface area contributed by atoms with Crippen LogP contribution in [0.15, 0.2) is 36.5 Å². The highest BCUT2D eigenvalue weighted by Crippen LogP contribution is 2.43. The van der Waals surface area contributed by atoms with Crippen molar-refractivity contribution in [3.63, 3.8) is 0 Å². The molecule has 37 heavy (non-hydrogen) atoms. The van der Waals surface area contributed by atoms with Crippen molar-refractivity contribution in [1.82, 2.24) is 0 Å². The number of nitrogens with two attached hydrogens (primary N) is 1. The largest absolute Gasteiger partial charge is 0.472 e. The first-order valence-electron chi connectivity index (χ1n) is 14.0. The average molecular weight is 546 g/mol. The summed E-state index contributed by atoms with van der Waals surface area (Å²) in [6.45, 7) is 4.58. The number of ether oxygens (including phenoxy) is 2. The molecule has 0 aromatic rings. The molecule has 0 saturated carbocycles. The van der Waals surface area contributed by atoms with E-state index in [1.807, 2.05) is 0 Å². The van der Waals surface area contributed by atoms with Crippen molar-refractivity contribution in [3.05, 3.63) is 36.5 Å². The van der Waals surface area contributed by atoms with E-state index >= 15 is 0 Å². The second-order valence-electron chi connectivity index (χ2n) is 8.88. The lowest BCUT2D eigenvalue weighted by atomic mass is 10.1. The summed E-state index contributed by atoms with van der Waals surface area (Å²) in [6.07, 6.45) is 25.0. The van der Waals surface area contributed by atoms with Crippen LogP contribution in [0.2, 0.25) is 0 Å². The Bertz CT molecular complexity index is 667. The van der Waals surface area contributed by atoms with Crippen molar-refractivity contribution in [2.45, 2.75) is 103 Å². The van der Waals surface area contributed by atoms with Crippen LogP contribution in [0.3, 0.4) is 0 Å². The third-order valence-electron chi connectivity index (χ3n) is 5.32. The minimum Gasteiger partial charge on any atom is -0.457 e. The van der Waals surface area contributed by atoms with Crippen molar-refractivity contribution in [2.75, 3.05) is 33.0 Å². The number of phosphoric acid groups is 1. The van der Waals surface area contributed by atoms with Crippen LogP contribution in [-0.2, 0) is 27.9 Å². The Morgan fingerprint density at radius 2 is 1.51 bits per heavy atom. The van der Waals surface area contributed by atoms with E-state index in [0.717, 1.165) is 77.0 Å². The smallest absolute Gasteiger partial charge is 0.457 e. The third kappa shape index (κ3) is 26.1. The number of rotatable bonds is 26. The molecule has 0 fully saturated rings. The SMILES string of the molecule is CC/C=C\C/C=C\C/C=C\CCCCCCOCC(COP(=O)(O)OCCN)OC(=O)CCCCCC. The predicted octanol–water partition coefficient (Wildman–Crippen LogP) is 6.79. The Kier molecular flexibility index (Phi) is 25.4. The second kappa shape index (κ2) is 26.3. The van der Waals surface area contributed by atoms with Crippen molar-refractivity contribution < 1.29 is 32.8 Å². The van der Waals surface area contributed by atoms with Gasteiger partial charge in [-0.3, -0.25) is 13.8 Å². The van der Waals surface area contributed by atoms with Crippen LogP contribution in [0, 0.1) is 0 Å². The highest BCUT2D eigenvalue weighted by Gasteiger charge is 2.25. The summed E-state index contributed by atoms with van der Waals surface area (Å²) >= 11 is 0. The van der Waals surface area contributed by atoms with Gasteiger partial charge in [0.1, 0.15) is 6.10 Å². The van der Waals surface area contributed by atoms with E-state index in [0.29, 0.717) is 13.0 Å². The summed E-state index contributed by atoms with van der Waals surface area (Å²) in [7, 11) is -4.25. The molecular formula is C28H52NO7P. The molecule has 0 spiro atoms. The van der Waals surface area contributed by atoms with Gasteiger partial charge in [-0.1, -0.05) is 82.4 Å². The van der Waals surface area contributed by atoms with Gasteiger partial charge in [0.25, 0.3) is 0 Å². The third-order valence-corrected chi connectivity index (χ3v) is 6.31. The predicted molar refractivity (Wildman–Crippen MR) is 150 cm³/mol. The molecule has 0 rings (SSSR count). The van der Waals surface area contributed by atoms with Gasteiger partial charge in [-0.25, -0.2) is 4.57 Å². The monoisotopic (exact) mass is 545 g/mol. The van der Waals surface area contributed by atoms with Gasteiger partial charge in [-0.05, 0) is 44.9 Å². The normalized spacial score (nSPS) is 14.6. The zero-order chi connectivity index (χ0) is 27.5. The van der Waals surface area contributed by atoms with Gasteiger partial charge in [0.15, 0.2) is 0 Å². The fourth-order valence-electron chi connectivity index (χ4n) is 3.30. The van der Waals surface area contributed by atoms with Gasteiger partial charge in [0, 0.05) is 19.6 Å². The number of hydrogen-bond donors (Lipinski definition) is 2. The lowest BCUT2D eigenvalue weighted by Gasteiger charge is -2.20. The summed E-state index contributed by atoms with van der Waals surface area (Å²) < 4.78 is 32.7. The summed E-state index contributed by atoms with van der Waals surface area (Å²) in [4.78, 5) is 21.9. The van der Waals surface area contributed by atoms with Crippen LogP contribution >= 0.6 is 7.82 Å². The van der Waals surface area contributed by atoms with E-state index in [-0.39, 0.29) is 32.3 Å². The van der Waals surface area contributed by atoms with E-state index in [9.17, 15) is 14.3 Å². The van der Waals surface area contributed by atoms with Crippen molar-refractivity contribution in [1.29, 1.82) is 0 Å². The van der Waals surface area contributed by atoms with Crippen molar-refractivity contribution in [3.8, 4) is 0 Å². The van der Waals surface area contributed by atoms with E-state index in [4.69, 9.17) is 24.3 Å². The highest BCUT2D eigenvalue weighted by molar-refractivity contribution is 7.47. The zero-order valence-corrected chi connectivity index (χ0v) is 24.1. The Morgan fingerprint density at radius 1 is 0.838 bits per heavy atom. The maximum absolute atomic E-state index is 12.2. The molecule has 0 heterocycles. The molecule has 9 heteroatoms. The number of carbonyl (C=O) groups is 1. The molecule has 0 radical (unpaired) electrons. The van der Waals surface area contributed by atoms with Gasteiger partial charge in [0.05, 0.1) is 19.8 Å². The minimum absolute atomic E-state index is 0.0953. The first-order chi connectivity index (χ1) is 17.9. The molecule has 216 valence electrons. The topological polar surface area (TPSA) is 117 Å². The van der Waals surface area contributed by atoms with Gasteiger partial charge in [-0.15, -0.1) is 0 Å². The molecule has 0 saturated heterocycles. The molecule has 0 aromatic carbocycles. The summed E-state index contributed by atoms with van der Waals surface area (Å²) in [5, 5.41) is 0. The Hall–Kier alpha value is -1.28. The molecule has 0 amide bonds. The highest BCUT2D eigenvalue weighted by atomic mass is 31.2. The van der Waals surface area contributed by atoms with Gasteiger partial charge in [-0.2, -0.15) is 0 Å². The summed E-state index contributed by atoms with van der Waals surface area (Å²) in [6, 6.07) is 0. The average Bonchev–Trinajstić information content (AvgIpc) is 2.88.